The second-order valence-corrected chi connectivity index (χ2v) is 4.90. The first-order chi connectivity index (χ1) is 8.43. The molecule has 0 aliphatic heterocycles. The highest BCUT2D eigenvalue weighted by Gasteiger charge is 2.14. The summed E-state index contributed by atoms with van der Waals surface area (Å²) in [5.41, 5.74) is 0.527. The highest BCUT2D eigenvalue weighted by atomic mass is 79.9. The fourth-order valence-corrected chi connectivity index (χ4v) is 2.09. The zero-order chi connectivity index (χ0) is 13.7. The minimum Gasteiger partial charge on any atom is -0.466 e. The lowest BCUT2D eigenvalue weighted by Gasteiger charge is -2.10. The Bertz CT molecular complexity index is 439. The van der Waals surface area contributed by atoms with Crippen molar-refractivity contribution in [2.24, 2.45) is 0 Å². The van der Waals surface area contributed by atoms with Gasteiger partial charge in [0.15, 0.2) is 0 Å². The van der Waals surface area contributed by atoms with Crippen molar-refractivity contribution in [3.05, 3.63) is 26.6 Å². The van der Waals surface area contributed by atoms with Crippen molar-refractivity contribution in [2.45, 2.75) is 20.0 Å². The monoisotopic (exact) mass is 386 g/mol. The van der Waals surface area contributed by atoms with Gasteiger partial charge in [-0.1, -0.05) is 0 Å². The lowest BCUT2D eigenvalue weighted by atomic mass is 10.1. The summed E-state index contributed by atoms with van der Waals surface area (Å²) in [5, 5.41) is 0. The maximum Gasteiger partial charge on any atom is 0.387 e. The molecule has 0 spiro atoms. The standard InChI is InChI=1S/C11H10Br2F2O3/c1-2-17-9(16)5-6-3-7(12)10(13)8(4-6)18-11(14)15/h3-4,11H,2,5H2,1H3. The molecule has 1 aromatic rings. The molecule has 0 fully saturated rings. The van der Waals surface area contributed by atoms with E-state index in [9.17, 15) is 13.6 Å². The van der Waals surface area contributed by atoms with E-state index in [-0.39, 0.29) is 18.8 Å². The third kappa shape index (κ3) is 4.53. The van der Waals surface area contributed by atoms with Crippen molar-refractivity contribution >= 4 is 37.8 Å². The van der Waals surface area contributed by atoms with Crippen molar-refractivity contribution < 1.29 is 23.0 Å². The van der Waals surface area contributed by atoms with Crippen LogP contribution in [0.25, 0.3) is 0 Å². The Hall–Kier alpha value is -0.690. The highest BCUT2D eigenvalue weighted by Crippen LogP contribution is 2.35. The van der Waals surface area contributed by atoms with E-state index in [1.807, 2.05) is 0 Å². The molecular weight excluding hydrogens is 378 g/mol. The SMILES string of the molecule is CCOC(=O)Cc1cc(Br)c(Br)c(OC(F)F)c1. The van der Waals surface area contributed by atoms with E-state index in [2.05, 4.69) is 36.6 Å². The summed E-state index contributed by atoms with van der Waals surface area (Å²) < 4.78 is 34.4. The van der Waals surface area contributed by atoms with Crippen LogP contribution in [0.2, 0.25) is 0 Å². The molecule has 18 heavy (non-hydrogen) atoms. The topological polar surface area (TPSA) is 35.5 Å². The number of esters is 1. The minimum absolute atomic E-state index is 0.000676. The summed E-state index contributed by atoms with van der Waals surface area (Å²) >= 11 is 6.31. The normalized spacial score (nSPS) is 10.6. The number of benzene rings is 1. The smallest absolute Gasteiger partial charge is 0.387 e. The molecular formula is C11H10Br2F2O3. The van der Waals surface area contributed by atoms with E-state index in [1.165, 1.54) is 6.07 Å². The number of ether oxygens (including phenoxy) is 2. The summed E-state index contributed by atoms with van der Waals surface area (Å²) in [5.74, 6) is -0.451. The molecule has 0 heterocycles. The van der Waals surface area contributed by atoms with E-state index in [4.69, 9.17) is 4.74 Å². The van der Waals surface area contributed by atoms with Crippen LogP contribution in [-0.4, -0.2) is 19.2 Å². The second-order valence-electron chi connectivity index (χ2n) is 3.25. The number of carbonyl (C=O) groups excluding carboxylic acids is 1. The van der Waals surface area contributed by atoms with Gasteiger partial charge in [-0.25, -0.2) is 0 Å². The Labute approximate surface area is 120 Å². The summed E-state index contributed by atoms with van der Waals surface area (Å²) in [7, 11) is 0. The summed E-state index contributed by atoms with van der Waals surface area (Å²) in [4.78, 5) is 11.3. The molecule has 0 radical (unpaired) electrons. The van der Waals surface area contributed by atoms with Crippen molar-refractivity contribution in [2.75, 3.05) is 6.61 Å². The molecule has 0 amide bonds. The van der Waals surface area contributed by atoms with E-state index >= 15 is 0 Å². The van der Waals surface area contributed by atoms with Crippen molar-refractivity contribution in [3.8, 4) is 5.75 Å². The molecule has 0 N–H and O–H groups in total. The maximum atomic E-state index is 12.2. The van der Waals surface area contributed by atoms with Gasteiger partial charge in [0, 0.05) is 4.47 Å². The van der Waals surface area contributed by atoms with Crippen LogP contribution < -0.4 is 4.74 Å². The second kappa shape index (κ2) is 7.04. The Kier molecular flexibility index (Phi) is 6.01. The van der Waals surface area contributed by atoms with Crippen LogP contribution in [0.5, 0.6) is 5.75 Å². The summed E-state index contributed by atoms with van der Waals surface area (Å²) in [6.07, 6.45) is -0.000676. The van der Waals surface area contributed by atoms with E-state index in [0.29, 0.717) is 14.5 Å². The third-order valence-electron chi connectivity index (χ3n) is 1.92. The number of carbonyl (C=O) groups is 1. The molecule has 0 saturated heterocycles. The van der Waals surface area contributed by atoms with Gasteiger partial charge >= 0.3 is 12.6 Å². The van der Waals surface area contributed by atoms with Gasteiger partial charge < -0.3 is 9.47 Å². The first-order valence-electron chi connectivity index (χ1n) is 5.02. The van der Waals surface area contributed by atoms with Crippen LogP contribution in [0.4, 0.5) is 8.78 Å². The molecule has 0 saturated carbocycles. The largest absolute Gasteiger partial charge is 0.466 e. The van der Waals surface area contributed by atoms with E-state index < -0.39 is 12.6 Å². The first-order valence-corrected chi connectivity index (χ1v) is 6.61. The van der Waals surface area contributed by atoms with E-state index in [1.54, 1.807) is 13.0 Å². The molecule has 0 aromatic heterocycles. The highest BCUT2D eigenvalue weighted by molar-refractivity contribution is 9.13. The molecule has 7 heteroatoms. The van der Waals surface area contributed by atoms with Crippen LogP contribution in [0.15, 0.2) is 21.1 Å². The number of rotatable bonds is 5. The molecule has 0 aliphatic rings. The van der Waals surface area contributed by atoms with Crippen LogP contribution in [-0.2, 0) is 16.0 Å². The Morgan fingerprint density at radius 2 is 2.06 bits per heavy atom. The van der Waals surface area contributed by atoms with Crippen LogP contribution >= 0.6 is 31.9 Å². The van der Waals surface area contributed by atoms with E-state index in [0.717, 1.165) is 0 Å². The van der Waals surface area contributed by atoms with Gasteiger partial charge in [0.1, 0.15) is 5.75 Å². The van der Waals surface area contributed by atoms with Crippen LogP contribution in [0.1, 0.15) is 12.5 Å². The van der Waals surface area contributed by atoms with Gasteiger partial charge in [0.05, 0.1) is 17.5 Å². The van der Waals surface area contributed by atoms with Gasteiger partial charge in [0.2, 0.25) is 0 Å². The molecule has 1 rings (SSSR count). The average Bonchev–Trinajstić information content (AvgIpc) is 2.24. The predicted octanol–water partition coefficient (Wildman–Crippen LogP) is 3.92. The average molecular weight is 388 g/mol. The van der Waals surface area contributed by atoms with Crippen molar-refractivity contribution in [1.29, 1.82) is 0 Å². The maximum absolute atomic E-state index is 12.2. The van der Waals surface area contributed by atoms with Crippen LogP contribution in [0, 0.1) is 0 Å². The van der Waals surface area contributed by atoms with Crippen molar-refractivity contribution in [1.82, 2.24) is 0 Å². The molecule has 0 aliphatic carbocycles. The lowest BCUT2D eigenvalue weighted by molar-refractivity contribution is -0.142. The van der Waals surface area contributed by atoms with Gasteiger partial charge in [-0.3, -0.25) is 4.79 Å². The Morgan fingerprint density at radius 1 is 1.39 bits per heavy atom. The Morgan fingerprint density at radius 3 is 2.61 bits per heavy atom. The molecule has 3 nitrogen and oxygen atoms in total. The van der Waals surface area contributed by atoms with Crippen LogP contribution in [0.3, 0.4) is 0 Å². The molecule has 100 valence electrons. The first kappa shape index (κ1) is 15.4. The summed E-state index contributed by atoms with van der Waals surface area (Å²) in [6, 6.07) is 3.01. The van der Waals surface area contributed by atoms with Gasteiger partial charge in [-0.15, -0.1) is 0 Å². The van der Waals surface area contributed by atoms with Gasteiger partial charge in [-0.05, 0) is 56.5 Å². The molecule has 0 unspecified atom stereocenters. The predicted molar refractivity (Wildman–Crippen MR) is 68.8 cm³/mol. The Balaban J connectivity index is 2.93. The molecule has 0 atom stereocenters. The van der Waals surface area contributed by atoms with Gasteiger partial charge in [0.25, 0.3) is 0 Å². The fourth-order valence-electron chi connectivity index (χ4n) is 1.28. The fraction of sp³-hybridized carbons (Fsp3) is 0.364. The zero-order valence-electron chi connectivity index (χ0n) is 9.38. The minimum atomic E-state index is -2.92. The summed E-state index contributed by atoms with van der Waals surface area (Å²) in [6.45, 7) is -0.955. The number of halogens is 4. The molecule has 0 bridgehead atoms. The zero-order valence-corrected chi connectivity index (χ0v) is 12.6. The lowest BCUT2D eigenvalue weighted by Crippen LogP contribution is -2.08. The quantitative estimate of drug-likeness (QED) is 0.718. The number of hydrogen-bond acceptors (Lipinski definition) is 3. The number of alkyl halides is 2. The third-order valence-corrected chi connectivity index (χ3v) is 3.90. The molecule has 1 aromatic carbocycles. The van der Waals surface area contributed by atoms with Gasteiger partial charge in [-0.2, -0.15) is 8.78 Å². The number of hydrogen-bond donors (Lipinski definition) is 0. The van der Waals surface area contributed by atoms with Crippen molar-refractivity contribution in [3.63, 3.8) is 0 Å².